The van der Waals surface area contributed by atoms with E-state index in [1.807, 2.05) is 34.1 Å². The van der Waals surface area contributed by atoms with Gasteiger partial charge in [-0.25, -0.2) is 4.39 Å². The van der Waals surface area contributed by atoms with Crippen molar-refractivity contribution in [2.45, 2.75) is 30.9 Å². The van der Waals surface area contributed by atoms with Gasteiger partial charge in [0.05, 0.1) is 11.3 Å². The summed E-state index contributed by atoms with van der Waals surface area (Å²) in [6.07, 6.45) is 0. The molecule has 0 aliphatic carbocycles. The minimum Gasteiger partial charge on any atom is -0.366 e. The van der Waals surface area contributed by atoms with Gasteiger partial charge in [0.2, 0.25) is 0 Å². The molecule has 0 radical (unpaired) electrons. The minimum absolute atomic E-state index is 0.0239. The quantitative estimate of drug-likeness (QED) is 0.548. The van der Waals surface area contributed by atoms with Crippen molar-refractivity contribution in [3.63, 3.8) is 0 Å². The van der Waals surface area contributed by atoms with Crippen LogP contribution in [0.15, 0.2) is 47.4 Å². The molecule has 0 atom stereocenters. The molecule has 148 valence electrons. The largest absolute Gasteiger partial charge is 0.366 e. The van der Waals surface area contributed by atoms with E-state index in [9.17, 15) is 14.0 Å². The molecule has 0 unspecified atom stereocenters. The number of benzene rings is 2. The van der Waals surface area contributed by atoms with Crippen LogP contribution in [0.2, 0.25) is 0 Å². The molecule has 28 heavy (non-hydrogen) atoms. The highest BCUT2D eigenvalue weighted by atomic mass is 32.2. The van der Waals surface area contributed by atoms with E-state index in [4.69, 9.17) is 0 Å². The standard InChI is InChI=1S/C22H25FN2O2S/c1-15(2)28-21-7-5-4-6-18(21)22(27)25-12-10-24(11-13-25)20-9-8-17(16(3)26)14-19(20)23/h4-9,14-15H,10-13H2,1-3H3. The molecule has 0 bridgehead atoms. The number of Topliss-reactive ketones (excluding diaryl/α,β-unsaturated/α-hetero) is 1. The number of piperazine rings is 1. The second kappa shape index (κ2) is 8.78. The monoisotopic (exact) mass is 400 g/mol. The van der Waals surface area contributed by atoms with Crippen molar-refractivity contribution >= 4 is 29.1 Å². The van der Waals surface area contributed by atoms with Gasteiger partial charge in [-0.2, -0.15) is 0 Å². The molecule has 2 aromatic rings. The van der Waals surface area contributed by atoms with Crippen LogP contribution in [-0.4, -0.2) is 48.0 Å². The number of rotatable bonds is 5. The van der Waals surface area contributed by atoms with E-state index in [1.165, 1.54) is 13.0 Å². The van der Waals surface area contributed by atoms with E-state index in [1.54, 1.807) is 23.9 Å². The van der Waals surface area contributed by atoms with Gasteiger partial charge in [-0.3, -0.25) is 9.59 Å². The van der Waals surface area contributed by atoms with Gasteiger partial charge < -0.3 is 9.80 Å². The first-order valence-corrected chi connectivity index (χ1v) is 10.3. The number of amides is 1. The van der Waals surface area contributed by atoms with Gasteiger partial charge in [0.15, 0.2) is 5.78 Å². The van der Waals surface area contributed by atoms with Gasteiger partial charge >= 0.3 is 0 Å². The highest BCUT2D eigenvalue weighted by molar-refractivity contribution is 8.00. The molecule has 1 aliphatic heterocycles. The Kier molecular flexibility index (Phi) is 6.39. The van der Waals surface area contributed by atoms with Crippen molar-refractivity contribution < 1.29 is 14.0 Å². The Hall–Kier alpha value is -2.34. The highest BCUT2D eigenvalue weighted by Crippen LogP contribution is 2.28. The summed E-state index contributed by atoms with van der Waals surface area (Å²) < 4.78 is 14.4. The molecule has 1 heterocycles. The van der Waals surface area contributed by atoms with Crippen molar-refractivity contribution in [3.8, 4) is 0 Å². The van der Waals surface area contributed by atoms with Gasteiger partial charge in [-0.1, -0.05) is 26.0 Å². The number of carbonyl (C=O) groups is 2. The Labute approximate surface area is 169 Å². The Balaban J connectivity index is 1.69. The molecule has 1 saturated heterocycles. The lowest BCUT2D eigenvalue weighted by Gasteiger charge is -2.36. The summed E-state index contributed by atoms with van der Waals surface area (Å²) in [5, 5.41) is 0.395. The lowest BCUT2D eigenvalue weighted by atomic mass is 10.1. The lowest BCUT2D eigenvalue weighted by molar-refractivity contribution is 0.0743. The number of ketones is 1. The van der Waals surface area contributed by atoms with Crippen LogP contribution in [0.25, 0.3) is 0 Å². The smallest absolute Gasteiger partial charge is 0.255 e. The maximum absolute atomic E-state index is 14.4. The first-order chi connectivity index (χ1) is 13.4. The van der Waals surface area contributed by atoms with Crippen molar-refractivity contribution in [2.75, 3.05) is 31.1 Å². The summed E-state index contributed by atoms with van der Waals surface area (Å²) in [6.45, 7) is 7.82. The molecule has 3 rings (SSSR count). The van der Waals surface area contributed by atoms with Crippen LogP contribution in [0.1, 0.15) is 41.5 Å². The highest BCUT2D eigenvalue weighted by Gasteiger charge is 2.25. The van der Waals surface area contributed by atoms with Crippen molar-refractivity contribution in [2.24, 2.45) is 0 Å². The molecule has 1 amide bonds. The molecule has 0 saturated carbocycles. The Morgan fingerprint density at radius 3 is 2.32 bits per heavy atom. The Morgan fingerprint density at radius 1 is 1.04 bits per heavy atom. The SMILES string of the molecule is CC(=O)c1ccc(N2CCN(C(=O)c3ccccc3SC(C)C)CC2)c(F)c1. The first kappa shape index (κ1) is 20.4. The van der Waals surface area contributed by atoms with Crippen molar-refractivity contribution in [3.05, 3.63) is 59.4 Å². The van der Waals surface area contributed by atoms with Crippen LogP contribution in [0, 0.1) is 5.82 Å². The summed E-state index contributed by atoms with van der Waals surface area (Å²) in [6, 6.07) is 12.3. The van der Waals surface area contributed by atoms with Crippen LogP contribution in [-0.2, 0) is 0 Å². The predicted octanol–water partition coefficient (Wildman–Crippen LogP) is 4.49. The van der Waals surface area contributed by atoms with Crippen LogP contribution in [0.4, 0.5) is 10.1 Å². The fourth-order valence-electron chi connectivity index (χ4n) is 3.30. The Morgan fingerprint density at radius 2 is 1.71 bits per heavy atom. The number of nitrogens with zero attached hydrogens (tertiary/aromatic N) is 2. The van der Waals surface area contributed by atoms with E-state index < -0.39 is 5.82 Å². The topological polar surface area (TPSA) is 40.6 Å². The fraction of sp³-hybridized carbons (Fsp3) is 0.364. The summed E-state index contributed by atoms with van der Waals surface area (Å²) >= 11 is 1.69. The molecule has 2 aromatic carbocycles. The van der Waals surface area contributed by atoms with Gasteiger partial charge in [0.1, 0.15) is 5.82 Å². The minimum atomic E-state index is -0.397. The normalized spacial score (nSPS) is 14.5. The third-order valence-corrected chi connectivity index (χ3v) is 5.82. The van der Waals surface area contributed by atoms with Gasteiger partial charge in [0.25, 0.3) is 5.91 Å². The number of thioether (sulfide) groups is 1. The van der Waals surface area contributed by atoms with E-state index in [2.05, 4.69) is 13.8 Å². The molecule has 4 nitrogen and oxygen atoms in total. The predicted molar refractivity (Wildman–Crippen MR) is 112 cm³/mol. The average molecular weight is 401 g/mol. The third-order valence-electron chi connectivity index (χ3n) is 4.74. The number of anilines is 1. The first-order valence-electron chi connectivity index (χ1n) is 9.47. The van der Waals surface area contributed by atoms with Crippen LogP contribution >= 0.6 is 11.8 Å². The number of halogens is 1. The van der Waals surface area contributed by atoms with Gasteiger partial charge in [-0.15, -0.1) is 11.8 Å². The van der Waals surface area contributed by atoms with E-state index in [-0.39, 0.29) is 11.7 Å². The van der Waals surface area contributed by atoms with Gasteiger partial charge in [-0.05, 0) is 37.3 Å². The maximum Gasteiger partial charge on any atom is 0.255 e. The molecular formula is C22H25FN2O2S. The molecule has 6 heteroatoms. The summed E-state index contributed by atoms with van der Waals surface area (Å²) in [5.41, 5.74) is 1.58. The van der Waals surface area contributed by atoms with Crippen molar-refractivity contribution in [1.82, 2.24) is 4.90 Å². The summed E-state index contributed by atoms with van der Waals surface area (Å²) in [4.78, 5) is 29.2. The number of hydrogen-bond donors (Lipinski definition) is 0. The Bertz CT molecular complexity index is 877. The third kappa shape index (κ3) is 4.55. The molecule has 1 aliphatic rings. The second-order valence-corrected chi connectivity index (χ2v) is 8.78. The zero-order chi connectivity index (χ0) is 20.3. The average Bonchev–Trinajstić information content (AvgIpc) is 2.67. The molecule has 0 aromatic heterocycles. The van der Waals surface area contributed by atoms with Crippen LogP contribution in [0.3, 0.4) is 0 Å². The molecule has 0 N–H and O–H groups in total. The zero-order valence-electron chi connectivity index (χ0n) is 16.4. The molecule has 1 fully saturated rings. The summed E-state index contributed by atoms with van der Waals surface area (Å²) in [7, 11) is 0. The second-order valence-electron chi connectivity index (χ2n) is 7.16. The molecule has 0 spiro atoms. The fourth-order valence-corrected chi connectivity index (χ4v) is 4.25. The lowest BCUT2D eigenvalue weighted by Crippen LogP contribution is -2.49. The maximum atomic E-state index is 14.4. The van der Waals surface area contributed by atoms with Gasteiger partial charge in [0, 0.05) is 41.9 Å². The summed E-state index contributed by atoms with van der Waals surface area (Å²) in [5.74, 6) is -0.527. The van der Waals surface area contributed by atoms with E-state index >= 15 is 0 Å². The number of hydrogen-bond acceptors (Lipinski definition) is 4. The van der Waals surface area contributed by atoms with Crippen LogP contribution in [0.5, 0.6) is 0 Å². The van der Waals surface area contributed by atoms with Crippen molar-refractivity contribution in [1.29, 1.82) is 0 Å². The van der Waals surface area contributed by atoms with Crippen LogP contribution < -0.4 is 4.90 Å². The van der Waals surface area contributed by atoms with E-state index in [0.29, 0.717) is 42.7 Å². The molecular weight excluding hydrogens is 375 g/mol. The number of carbonyl (C=O) groups excluding carboxylic acids is 2. The van der Waals surface area contributed by atoms with E-state index in [0.717, 1.165) is 10.5 Å². The zero-order valence-corrected chi connectivity index (χ0v) is 17.3.